The van der Waals surface area contributed by atoms with Crippen LogP contribution in [0.1, 0.15) is 24.3 Å². The average Bonchev–Trinajstić information content (AvgIpc) is 3.10. The van der Waals surface area contributed by atoms with Gasteiger partial charge < -0.3 is 19.1 Å². The van der Waals surface area contributed by atoms with Crippen molar-refractivity contribution < 1.29 is 23.9 Å². The van der Waals surface area contributed by atoms with Gasteiger partial charge in [0.2, 0.25) is 6.04 Å². The Balaban J connectivity index is 1.73. The zero-order valence-corrected chi connectivity index (χ0v) is 19.1. The molecular weight excluding hydrogens is 492 g/mol. The maximum atomic E-state index is 13.4. The number of nitro benzene ring substituents is 1. The number of benzene rings is 3. The molecule has 0 radical (unpaired) electrons. The Morgan fingerprint density at radius 3 is 2.48 bits per heavy atom. The highest BCUT2D eigenvalue weighted by molar-refractivity contribution is 9.10. The molecule has 1 saturated heterocycles. The van der Waals surface area contributed by atoms with E-state index in [1.165, 1.54) is 12.1 Å². The van der Waals surface area contributed by atoms with E-state index < -0.39 is 28.9 Å². The van der Waals surface area contributed by atoms with Crippen LogP contribution in [0.2, 0.25) is 0 Å². The van der Waals surface area contributed by atoms with Gasteiger partial charge in [-0.25, -0.2) is 4.79 Å². The van der Waals surface area contributed by atoms with Crippen molar-refractivity contribution in [3.63, 3.8) is 0 Å². The standard InChI is InChI=1S/C24H19BrN2O6/c1-2-31-23(28)21-24(15-7-11-18(12-8-15)27(29)30)32-20-6-4-3-5-19(20)22(33-24)26(21)17-13-9-16(25)10-14-17/h3-14,21-22H,2H2,1H3/t21-,22+,24+/m1/s1. The number of ether oxygens (including phenoxy) is 3. The van der Waals surface area contributed by atoms with Crippen LogP contribution in [0.3, 0.4) is 0 Å². The molecule has 3 aromatic carbocycles. The molecule has 168 valence electrons. The minimum absolute atomic E-state index is 0.0710. The molecule has 0 unspecified atom stereocenters. The summed E-state index contributed by atoms with van der Waals surface area (Å²) < 4.78 is 19.3. The van der Waals surface area contributed by atoms with Gasteiger partial charge in [0.1, 0.15) is 5.75 Å². The molecule has 9 heteroatoms. The normalized spacial score (nSPS) is 22.9. The summed E-state index contributed by atoms with van der Waals surface area (Å²) in [7, 11) is 0. The third kappa shape index (κ3) is 3.44. The molecular formula is C24H19BrN2O6. The molecule has 2 bridgehead atoms. The van der Waals surface area contributed by atoms with Crippen molar-refractivity contribution in [2.24, 2.45) is 0 Å². The van der Waals surface area contributed by atoms with Crippen LogP contribution < -0.4 is 9.64 Å². The minimum Gasteiger partial charge on any atom is -0.464 e. The van der Waals surface area contributed by atoms with E-state index in [1.807, 2.05) is 53.4 Å². The lowest BCUT2D eigenvalue weighted by molar-refractivity contribution is -0.384. The second-order valence-electron chi connectivity index (χ2n) is 7.62. The van der Waals surface area contributed by atoms with Gasteiger partial charge in [-0.15, -0.1) is 0 Å². The first-order valence-electron chi connectivity index (χ1n) is 10.4. The second-order valence-corrected chi connectivity index (χ2v) is 8.54. The van der Waals surface area contributed by atoms with Crippen LogP contribution in [0.15, 0.2) is 77.3 Å². The lowest BCUT2D eigenvalue weighted by atomic mass is 9.96. The fourth-order valence-electron chi connectivity index (χ4n) is 4.33. The zero-order valence-electron chi connectivity index (χ0n) is 17.5. The van der Waals surface area contributed by atoms with E-state index in [4.69, 9.17) is 14.2 Å². The van der Waals surface area contributed by atoms with Crippen molar-refractivity contribution in [2.75, 3.05) is 11.5 Å². The van der Waals surface area contributed by atoms with Crippen molar-refractivity contribution in [3.8, 4) is 5.75 Å². The van der Waals surface area contributed by atoms with E-state index in [2.05, 4.69) is 15.9 Å². The average molecular weight is 511 g/mol. The van der Waals surface area contributed by atoms with Crippen LogP contribution >= 0.6 is 15.9 Å². The number of hydrogen-bond acceptors (Lipinski definition) is 7. The number of halogens is 1. The third-order valence-electron chi connectivity index (χ3n) is 5.74. The van der Waals surface area contributed by atoms with Gasteiger partial charge in [0, 0.05) is 33.4 Å². The summed E-state index contributed by atoms with van der Waals surface area (Å²) >= 11 is 3.45. The Bertz CT molecular complexity index is 1220. The maximum Gasteiger partial charge on any atom is 0.336 e. The van der Waals surface area contributed by atoms with Crippen molar-refractivity contribution in [1.82, 2.24) is 0 Å². The van der Waals surface area contributed by atoms with Crippen LogP contribution in [0.4, 0.5) is 11.4 Å². The Morgan fingerprint density at radius 1 is 1.12 bits per heavy atom. The Morgan fingerprint density at radius 2 is 1.82 bits per heavy atom. The summed E-state index contributed by atoms with van der Waals surface area (Å²) in [6, 6.07) is 19.8. The second kappa shape index (κ2) is 8.17. The highest BCUT2D eigenvalue weighted by Gasteiger charge is 2.64. The molecule has 5 rings (SSSR count). The largest absolute Gasteiger partial charge is 0.464 e. The van der Waals surface area contributed by atoms with Crippen LogP contribution in [0, 0.1) is 10.1 Å². The summed E-state index contributed by atoms with van der Waals surface area (Å²) in [5.41, 5.74) is 1.92. The topological polar surface area (TPSA) is 91.1 Å². The van der Waals surface area contributed by atoms with E-state index in [1.54, 1.807) is 19.1 Å². The zero-order chi connectivity index (χ0) is 23.2. The van der Waals surface area contributed by atoms with Crippen molar-refractivity contribution in [1.29, 1.82) is 0 Å². The summed E-state index contributed by atoms with van der Waals surface area (Å²) in [5.74, 6) is -1.51. The Labute approximate surface area is 198 Å². The highest BCUT2D eigenvalue weighted by Crippen LogP contribution is 2.55. The number of nitro groups is 1. The van der Waals surface area contributed by atoms with E-state index in [0.717, 1.165) is 15.7 Å². The first-order valence-corrected chi connectivity index (χ1v) is 11.1. The van der Waals surface area contributed by atoms with E-state index in [0.29, 0.717) is 11.3 Å². The SMILES string of the molecule is CCOC(=O)[C@H]1N(c2ccc(Br)cc2)[C@H]2O[C@]1(c1ccc([N+](=O)[O-])cc1)Oc1ccccc12. The van der Waals surface area contributed by atoms with Crippen molar-refractivity contribution in [2.45, 2.75) is 25.0 Å². The van der Waals surface area contributed by atoms with Gasteiger partial charge in [-0.1, -0.05) is 34.1 Å². The van der Waals surface area contributed by atoms with Crippen LogP contribution in [0.25, 0.3) is 0 Å². The first-order chi connectivity index (χ1) is 15.9. The molecule has 1 fully saturated rings. The number of carbonyl (C=O) groups excluding carboxylic acids is 1. The fraction of sp³-hybridized carbons (Fsp3) is 0.208. The first kappa shape index (κ1) is 21.4. The summed E-state index contributed by atoms with van der Waals surface area (Å²) in [6.07, 6.45) is -0.638. The number of para-hydroxylation sites is 1. The molecule has 2 aliphatic heterocycles. The molecule has 3 atom stereocenters. The van der Waals surface area contributed by atoms with Crippen LogP contribution in [0.5, 0.6) is 5.75 Å². The highest BCUT2D eigenvalue weighted by atomic mass is 79.9. The maximum absolute atomic E-state index is 13.4. The van der Waals surface area contributed by atoms with Gasteiger partial charge in [0.15, 0.2) is 6.23 Å². The lowest BCUT2D eigenvalue weighted by Crippen LogP contribution is -2.52. The molecule has 0 amide bonds. The molecule has 2 aliphatic rings. The van der Waals surface area contributed by atoms with Gasteiger partial charge >= 0.3 is 5.97 Å². The lowest BCUT2D eigenvalue weighted by Gasteiger charge is -2.36. The molecule has 0 spiro atoms. The monoisotopic (exact) mass is 510 g/mol. The van der Waals surface area contributed by atoms with Gasteiger partial charge in [0.25, 0.3) is 11.5 Å². The number of anilines is 1. The minimum atomic E-state index is -1.56. The van der Waals surface area contributed by atoms with Crippen LogP contribution in [-0.2, 0) is 20.1 Å². The molecule has 2 heterocycles. The quantitative estimate of drug-likeness (QED) is 0.268. The third-order valence-corrected chi connectivity index (χ3v) is 6.27. The van der Waals surface area contributed by atoms with Gasteiger partial charge in [-0.3, -0.25) is 10.1 Å². The summed E-state index contributed by atoms with van der Waals surface area (Å²) in [6.45, 7) is 1.91. The molecule has 8 nitrogen and oxygen atoms in total. The smallest absolute Gasteiger partial charge is 0.336 e. The number of carbonyl (C=O) groups is 1. The number of nitrogens with zero attached hydrogens (tertiary/aromatic N) is 2. The molecule has 0 aliphatic carbocycles. The number of esters is 1. The van der Waals surface area contributed by atoms with Gasteiger partial charge in [-0.2, -0.15) is 0 Å². The fourth-order valence-corrected chi connectivity index (χ4v) is 4.59. The number of hydrogen-bond donors (Lipinski definition) is 0. The van der Waals surface area contributed by atoms with Crippen LogP contribution in [-0.4, -0.2) is 23.5 Å². The van der Waals surface area contributed by atoms with E-state index in [-0.39, 0.29) is 12.3 Å². The van der Waals surface area contributed by atoms with E-state index in [9.17, 15) is 14.9 Å². The summed E-state index contributed by atoms with van der Waals surface area (Å²) in [4.78, 5) is 26.0. The molecule has 0 N–H and O–H groups in total. The predicted molar refractivity (Wildman–Crippen MR) is 123 cm³/mol. The van der Waals surface area contributed by atoms with E-state index >= 15 is 0 Å². The molecule has 33 heavy (non-hydrogen) atoms. The number of rotatable bonds is 5. The molecule has 0 aromatic heterocycles. The molecule has 3 aromatic rings. The number of non-ortho nitro benzene ring substituents is 1. The molecule has 0 saturated carbocycles. The Kier molecular flexibility index (Phi) is 5.30. The Hall–Kier alpha value is -3.43. The summed E-state index contributed by atoms with van der Waals surface area (Å²) in [5, 5.41) is 11.2. The van der Waals surface area contributed by atoms with Crippen molar-refractivity contribution >= 4 is 33.3 Å². The van der Waals surface area contributed by atoms with Gasteiger partial charge in [0.05, 0.1) is 11.5 Å². The number of fused-ring (bicyclic) bond motifs is 4. The van der Waals surface area contributed by atoms with Crippen molar-refractivity contribution in [3.05, 3.63) is 98.5 Å². The predicted octanol–water partition coefficient (Wildman–Crippen LogP) is 5.07. The van der Waals surface area contributed by atoms with Gasteiger partial charge in [-0.05, 0) is 49.4 Å².